The van der Waals surface area contributed by atoms with Crippen molar-refractivity contribution in [3.63, 3.8) is 0 Å². The molecule has 0 atom stereocenters. The van der Waals surface area contributed by atoms with Crippen LogP contribution in [0.2, 0.25) is 0 Å². The Morgan fingerprint density at radius 1 is 1.40 bits per heavy atom. The number of anilines is 1. The number of hydrogen-bond donors (Lipinski definition) is 2. The van der Waals surface area contributed by atoms with E-state index >= 15 is 0 Å². The molecule has 1 aromatic rings. The first-order valence-electron chi connectivity index (χ1n) is 6.53. The molecule has 1 fully saturated rings. The van der Waals surface area contributed by atoms with Crippen LogP contribution in [0, 0.1) is 0 Å². The highest BCUT2D eigenvalue weighted by atomic mass is 32.2. The van der Waals surface area contributed by atoms with Crippen molar-refractivity contribution in [2.75, 3.05) is 18.0 Å². The van der Waals surface area contributed by atoms with Gasteiger partial charge in [-0.15, -0.1) is 0 Å². The van der Waals surface area contributed by atoms with Crippen molar-refractivity contribution in [1.29, 1.82) is 0 Å². The molecular weight excluding hydrogens is 280 g/mol. The predicted octanol–water partition coefficient (Wildman–Crippen LogP) is 1.04. The summed E-state index contributed by atoms with van der Waals surface area (Å²) in [5.41, 5.74) is 0.457. The summed E-state index contributed by atoms with van der Waals surface area (Å²) in [6.07, 6.45) is 1.78. The zero-order chi connectivity index (χ0) is 14.8. The summed E-state index contributed by atoms with van der Waals surface area (Å²) in [6, 6.07) is 6.64. The van der Waals surface area contributed by atoms with E-state index in [0.717, 1.165) is 12.8 Å². The Morgan fingerprint density at radius 3 is 2.60 bits per heavy atom. The summed E-state index contributed by atoms with van der Waals surface area (Å²) in [5, 5.41) is 9.01. The van der Waals surface area contributed by atoms with Crippen LogP contribution in [-0.4, -0.2) is 38.6 Å². The number of benzene rings is 1. The molecular formula is C13H18N2O4S. The third-order valence-electron chi connectivity index (χ3n) is 3.09. The van der Waals surface area contributed by atoms with Gasteiger partial charge in [-0.05, 0) is 25.0 Å². The van der Waals surface area contributed by atoms with E-state index in [1.54, 1.807) is 30.0 Å². The maximum Gasteiger partial charge on any atom is 0.323 e. The molecule has 1 aromatic carbocycles. The second kappa shape index (κ2) is 5.80. The van der Waals surface area contributed by atoms with Crippen LogP contribution in [0.15, 0.2) is 29.2 Å². The van der Waals surface area contributed by atoms with E-state index in [-0.39, 0.29) is 17.5 Å². The molecule has 2 rings (SSSR count). The third-order valence-corrected chi connectivity index (χ3v) is 4.68. The van der Waals surface area contributed by atoms with Gasteiger partial charge in [-0.2, -0.15) is 0 Å². The lowest BCUT2D eigenvalue weighted by Crippen LogP contribution is -2.34. The lowest BCUT2D eigenvalue weighted by molar-refractivity contribution is -0.135. The van der Waals surface area contributed by atoms with E-state index in [1.807, 2.05) is 0 Å². The standard InChI is InChI=1S/C13H18N2O4S/c1-2-14-20(18,19)12-6-4-3-5-11(12)15(9-13(16)17)10-7-8-10/h3-6,10,14H,2,7-9H2,1H3,(H,16,17). The highest BCUT2D eigenvalue weighted by Gasteiger charge is 2.33. The summed E-state index contributed by atoms with van der Waals surface area (Å²) in [7, 11) is -3.61. The van der Waals surface area contributed by atoms with E-state index in [4.69, 9.17) is 5.11 Å². The molecule has 20 heavy (non-hydrogen) atoms. The minimum Gasteiger partial charge on any atom is -0.480 e. The lowest BCUT2D eigenvalue weighted by Gasteiger charge is -2.25. The van der Waals surface area contributed by atoms with E-state index in [2.05, 4.69) is 4.72 Å². The zero-order valence-corrected chi connectivity index (χ0v) is 12.1. The third kappa shape index (κ3) is 3.29. The summed E-state index contributed by atoms with van der Waals surface area (Å²) in [5.74, 6) is -0.965. The van der Waals surface area contributed by atoms with Crippen LogP contribution in [0.1, 0.15) is 19.8 Å². The van der Waals surface area contributed by atoms with Crippen molar-refractivity contribution >= 4 is 21.7 Å². The van der Waals surface area contributed by atoms with Crippen LogP contribution in [-0.2, 0) is 14.8 Å². The predicted molar refractivity (Wildman–Crippen MR) is 75.3 cm³/mol. The molecule has 0 unspecified atom stereocenters. The van der Waals surface area contributed by atoms with Gasteiger partial charge in [0, 0.05) is 12.6 Å². The van der Waals surface area contributed by atoms with Crippen LogP contribution in [0.4, 0.5) is 5.69 Å². The van der Waals surface area contributed by atoms with Crippen LogP contribution >= 0.6 is 0 Å². The minimum absolute atomic E-state index is 0.115. The summed E-state index contributed by atoms with van der Waals surface area (Å²) >= 11 is 0. The summed E-state index contributed by atoms with van der Waals surface area (Å²) in [6.45, 7) is 1.80. The average molecular weight is 298 g/mol. The van der Waals surface area contributed by atoms with Gasteiger partial charge in [0.25, 0.3) is 0 Å². The molecule has 6 nitrogen and oxygen atoms in total. The summed E-state index contributed by atoms with van der Waals surface area (Å²) < 4.78 is 26.8. The Hall–Kier alpha value is -1.60. The molecule has 0 spiro atoms. The summed E-state index contributed by atoms with van der Waals surface area (Å²) in [4.78, 5) is 12.8. The molecule has 0 saturated heterocycles. The van der Waals surface area contributed by atoms with Crippen molar-refractivity contribution in [2.45, 2.75) is 30.7 Å². The Morgan fingerprint density at radius 2 is 2.05 bits per heavy atom. The number of para-hydroxylation sites is 1. The number of carboxylic acids is 1. The molecule has 1 aliphatic rings. The average Bonchev–Trinajstić information content (AvgIpc) is 3.20. The van der Waals surface area contributed by atoms with E-state index in [9.17, 15) is 13.2 Å². The molecule has 0 bridgehead atoms. The monoisotopic (exact) mass is 298 g/mol. The van der Waals surface area contributed by atoms with Gasteiger partial charge >= 0.3 is 5.97 Å². The van der Waals surface area contributed by atoms with Gasteiger partial charge in [-0.3, -0.25) is 4.79 Å². The molecule has 0 aromatic heterocycles. The van der Waals surface area contributed by atoms with Crippen molar-refractivity contribution in [3.8, 4) is 0 Å². The van der Waals surface area contributed by atoms with Gasteiger partial charge in [0.1, 0.15) is 11.4 Å². The Bertz CT molecular complexity index is 596. The highest BCUT2D eigenvalue weighted by molar-refractivity contribution is 7.89. The van der Waals surface area contributed by atoms with Crippen molar-refractivity contribution < 1.29 is 18.3 Å². The maximum atomic E-state index is 12.2. The second-order valence-corrected chi connectivity index (χ2v) is 6.46. The van der Waals surface area contributed by atoms with Crippen LogP contribution < -0.4 is 9.62 Å². The van der Waals surface area contributed by atoms with E-state index in [0.29, 0.717) is 12.2 Å². The molecule has 7 heteroatoms. The van der Waals surface area contributed by atoms with Crippen molar-refractivity contribution in [1.82, 2.24) is 4.72 Å². The van der Waals surface area contributed by atoms with Gasteiger partial charge < -0.3 is 10.0 Å². The first kappa shape index (κ1) is 14.8. The number of aliphatic carboxylic acids is 1. The fraction of sp³-hybridized carbons (Fsp3) is 0.462. The number of carboxylic acid groups (broad SMARTS) is 1. The molecule has 0 heterocycles. The highest BCUT2D eigenvalue weighted by Crippen LogP contribution is 2.34. The number of carbonyl (C=O) groups is 1. The fourth-order valence-corrected chi connectivity index (χ4v) is 3.39. The SMILES string of the molecule is CCNS(=O)(=O)c1ccccc1N(CC(=O)O)C1CC1. The second-order valence-electron chi connectivity index (χ2n) is 4.72. The quantitative estimate of drug-likeness (QED) is 0.785. The largest absolute Gasteiger partial charge is 0.480 e. The van der Waals surface area contributed by atoms with E-state index in [1.165, 1.54) is 6.07 Å². The van der Waals surface area contributed by atoms with Crippen molar-refractivity contribution in [2.24, 2.45) is 0 Å². The van der Waals surface area contributed by atoms with Crippen LogP contribution in [0.5, 0.6) is 0 Å². The Labute approximate surface area is 118 Å². The van der Waals surface area contributed by atoms with Crippen LogP contribution in [0.3, 0.4) is 0 Å². The molecule has 1 aliphatic carbocycles. The van der Waals surface area contributed by atoms with E-state index < -0.39 is 16.0 Å². The van der Waals surface area contributed by atoms with Gasteiger partial charge in [0.15, 0.2) is 0 Å². The number of nitrogens with one attached hydrogen (secondary N) is 1. The molecule has 0 radical (unpaired) electrons. The van der Waals surface area contributed by atoms with Gasteiger partial charge in [0.2, 0.25) is 10.0 Å². The van der Waals surface area contributed by atoms with Crippen LogP contribution in [0.25, 0.3) is 0 Å². The van der Waals surface area contributed by atoms with Crippen molar-refractivity contribution in [3.05, 3.63) is 24.3 Å². The van der Waals surface area contributed by atoms with Gasteiger partial charge in [0.05, 0.1) is 5.69 Å². The Kier molecular flexibility index (Phi) is 4.29. The lowest BCUT2D eigenvalue weighted by atomic mass is 10.2. The molecule has 2 N–H and O–H groups in total. The smallest absolute Gasteiger partial charge is 0.323 e. The normalized spacial score (nSPS) is 15.1. The number of sulfonamides is 1. The first-order chi connectivity index (χ1) is 9.45. The number of hydrogen-bond acceptors (Lipinski definition) is 4. The first-order valence-corrected chi connectivity index (χ1v) is 8.01. The maximum absolute atomic E-state index is 12.2. The topological polar surface area (TPSA) is 86.7 Å². The molecule has 110 valence electrons. The molecule has 1 saturated carbocycles. The number of nitrogens with zero attached hydrogens (tertiary/aromatic N) is 1. The molecule has 0 amide bonds. The number of rotatable bonds is 7. The Balaban J connectivity index is 2.42. The minimum atomic E-state index is -3.61. The fourth-order valence-electron chi connectivity index (χ4n) is 2.13. The zero-order valence-electron chi connectivity index (χ0n) is 11.2. The van der Waals surface area contributed by atoms with Gasteiger partial charge in [-0.1, -0.05) is 19.1 Å². The molecule has 0 aliphatic heterocycles. The van der Waals surface area contributed by atoms with Gasteiger partial charge in [-0.25, -0.2) is 13.1 Å².